The van der Waals surface area contributed by atoms with Gasteiger partial charge in [-0.1, -0.05) is 66.7 Å². The SMILES string of the molecule is OC(c1ccccc1)(c1ccccc1)c1ncc(C[N+]23CCC(CC2)[C@@H](Oc2cccc(F)c2)C3)o1. The van der Waals surface area contributed by atoms with E-state index in [0.717, 1.165) is 42.7 Å². The van der Waals surface area contributed by atoms with Crippen LogP contribution in [0.15, 0.2) is 95.5 Å². The Hall–Kier alpha value is -3.48. The molecule has 184 valence electrons. The van der Waals surface area contributed by atoms with Crippen LogP contribution in [0.4, 0.5) is 4.39 Å². The number of quaternary nitrogens is 1. The molecule has 6 heteroatoms. The van der Waals surface area contributed by atoms with Gasteiger partial charge in [0.05, 0.1) is 19.3 Å². The molecule has 3 aliphatic rings. The smallest absolute Gasteiger partial charge is 0.236 e. The van der Waals surface area contributed by atoms with Crippen molar-refractivity contribution in [3.63, 3.8) is 0 Å². The van der Waals surface area contributed by atoms with Crippen molar-refractivity contribution < 1.29 is 23.1 Å². The standard InChI is InChI=1S/C30H30FN2O3/c31-25-12-7-13-26(18-25)35-28-21-33(16-14-22(28)15-17-33)20-27-19-32-29(36-27)30(34,23-8-3-1-4-9-23)24-10-5-2-6-11-24/h1-13,18-19,22,28,34H,14-17,20-21H2/q+1/t22?,28-,33?/m0/s1. The molecular formula is C30H30FN2O3+. The highest BCUT2D eigenvalue weighted by Gasteiger charge is 2.48. The van der Waals surface area contributed by atoms with E-state index < -0.39 is 5.60 Å². The van der Waals surface area contributed by atoms with Crippen LogP contribution in [-0.2, 0) is 12.1 Å². The molecule has 1 atom stereocenters. The van der Waals surface area contributed by atoms with Crippen LogP contribution in [0.2, 0.25) is 0 Å². The Morgan fingerprint density at radius 3 is 2.25 bits per heavy atom. The summed E-state index contributed by atoms with van der Waals surface area (Å²) in [4.78, 5) is 4.58. The minimum absolute atomic E-state index is 0.0438. The quantitative estimate of drug-likeness (QED) is 0.362. The molecule has 2 bridgehead atoms. The lowest BCUT2D eigenvalue weighted by atomic mass is 9.83. The number of fused-ring (bicyclic) bond motifs is 3. The third kappa shape index (κ3) is 4.21. The molecule has 3 aromatic carbocycles. The summed E-state index contributed by atoms with van der Waals surface area (Å²) in [7, 11) is 0. The molecule has 0 unspecified atom stereocenters. The van der Waals surface area contributed by atoms with Gasteiger partial charge in [-0.15, -0.1) is 0 Å². The topological polar surface area (TPSA) is 55.5 Å². The second-order valence-electron chi connectivity index (χ2n) is 10.2. The number of nitrogens with zero attached hydrogens (tertiary/aromatic N) is 2. The van der Waals surface area contributed by atoms with Crippen LogP contribution in [0.5, 0.6) is 5.75 Å². The van der Waals surface area contributed by atoms with Crippen molar-refractivity contribution in [1.29, 1.82) is 0 Å². The molecule has 3 fully saturated rings. The molecule has 0 spiro atoms. The average Bonchev–Trinajstić information content (AvgIpc) is 3.38. The number of halogens is 1. The molecular weight excluding hydrogens is 455 g/mol. The van der Waals surface area contributed by atoms with Crippen LogP contribution in [-0.4, -0.2) is 40.3 Å². The molecule has 36 heavy (non-hydrogen) atoms. The van der Waals surface area contributed by atoms with Crippen molar-refractivity contribution in [2.75, 3.05) is 19.6 Å². The number of piperidine rings is 3. The van der Waals surface area contributed by atoms with Crippen molar-refractivity contribution in [3.05, 3.63) is 120 Å². The van der Waals surface area contributed by atoms with Gasteiger partial charge in [0.15, 0.2) is 17.5 Å². The lowest BCUT2D eigenvalue weighted by molar-refractivity contribution is -0.958. The summed E-state index contributed by atoms with van der Waals surface area (Å²) in [5.74, 6) is 1.81. The number of rotatable bonds is 7. The van der Waals surface area contributed by atoms with Gasteiger partial charge < -0.3 is 18.7 Å². The fourth-order valence-corrected chi connectivity index (χ4v) is 5.94. The first kappa shape index (κ1) is 23.0. The van der Waals surface area contributed by atoms with Crippen LogP contribution in [0, 0.1) is 11.7 Å². The molecule has 1 N–H and O–H groups in total. The lowest BCUT2D eigenvalue weighted by Gasteiger charge is -2.51. The summed E-state index contributed by atoms with van der Waals surface area (Å²) in [5, 5.41) is 12.0. The van der Waals surface area contributed by atoms with Gasteiger partial charge in [0.1, 0.15) is 24.7 Å². The fraction of sp³-hybridized carbons (Fsp3) is 0.300. The van der Waals surface area contributed by atoms with Crippen LogP contribution in [0.25, 0.3) is 0 Å². The maximum atomic E-state index is 13.7. The maximum Gasteiger partial charge on any atom is 0.236 e. The number of oxazole rings is 1. The van der Waals surface area contributed by atoms with Crippen LogP contribution >= 0.6 is 0 Å². The molecule has 1 aromatic heterocycles. The molecule has 0 aliphatic carbocycles. The van der Waals surface area contributed by atoms with Crippen LogP contribution in [0.1, 0.15) is 35.6 Å². The van der Waals surface area contributed by atoms with E-state index >= 15 is 0 Å². The van der Waals surface area contributed by atoms with Gasteiger partial charge in [-0.05, 0) is 23.3 Å². The molecule has 4 heterocycles. The number of aliphatic hydroxyl groups is 1. The Morgan fingerprint density at radius 1 is 0.944 bits per heavy atom. The van der Waals surface area contributed by atoms with Crippen molar-refractivity contribution in [2.24, 2.45) is 5.92 Å². The van der Waals surface area contributed by atoms with Crippen molar-refractivity contribution in [2.45, 2.75) is 31.1 Å². The lowest BCUT2D eigenvalue weighted by Crippen LogP contribution is -2.64. The molecule has 0 amide bonds. The summed E-state index contributed by atoms with van der Waals surface area (Å²) in [6, 6.07) is 25.4. The van der Waals surface area contributed by atoms with E-state index in [-0.39, 0.29) is 17.8 Å². The monoisotopic (exact) mass is 485 g/mol. The van der Waals surface area contributed by atoms with E-state index in [9.17, 15) is 9.50 Å². The second kappa shape index (κ2) is 9.19. The van der Waals surface area contributed by atoms with Crippen LogP contribution in [0.3, 0.4) is 0 Å². The van der Waals surface area contributed by atoms with Gasteiger partial charge in [-0.2, -0.15) is 0 Å². The Morgan fingerprint density at radius 2 is 1.61 bits per heavy atom. The zero-order valence-electron chi connectivity index (χ0n) is 20.1. The molecule has 0 saturated carbocycles. The summed E-state index contributed by atoms with van der Waals surface area (Å²) < 4.78 is 27.1. The minimum atomic E-state index is -1.49. The van der Waals surface area contributed by atoms with Gasteiger partial charge in [0.2, 0.25) is 5.89 Å². The summed E-state index contributed by atoms with van der Waals surface area (Å²) in [5.41, 5.74) is -0.0726. The highest BCUT2D eigenvalue weighted by molar-refractivity contribution is 5.41. The highest BCUT2D eigenvalue weighted by Crippen LogP contribution is 2.39. The number of hydrogen-bond acceptors (Lipinski definition) is 4. The summed E-state index contributed by atoms with van der Waals surface area (Å²) in [6.45, 7) is 3.62. The maximum absolute atomic E-state index is 13.7. The van der Waals surface area contributed by atoms with E-state index in [2.05, 4.69) is 4.98 Å². The minimum Gasteiger partial charge on any atom is -0.484 e. The predicted molar refractivity (Wildman–Crippen MR) is 134 cm³/mol. The Labute approximate surface area is 210 Å². The molecule has 3 saturated heterocycles. The van der Waals surface area contributed by atoms with Gasteiger partial charge >= 0.3 is 0 Å². The Bertz CT molecular complexity index is 1280. The third-order valence-electron chi connectivity index (χ3n) is 7.86. The molecule has 4 aromatic rings. The van der Waals surface area contributed by atoms with Crippen molar-refractivity contribution in [1.82, 2.24) is 4.98 Å². The Balaban J connectivity index is 1.26. The van der Waals surface area contributed by atoms with E-state index in [4.69, 9.17) is 9.15 Å². The first-order chi connectivity index (χ1) is 17.5. The molecule has 0 radical (unpaired) electrons. The van der Waals surface area contributed by atoms with Crippen molar-refractivity contribution >= 4 is 0 Å². The largest absolute Gasteiger partial charge is 0.484 e. The van der Waals surface area contributed by atoms with Crippen molar-refractivity contribution in [3.8, 4) is 5.75 Å². The summed E-state index contributed by atoms with van der Waals surface area (Å²) in [6.07, 6.45) is 3.93. The van der Waals surface area contributed by atoms with E-state index in [1.807, 2.05) is 66.7 Å². The van der Waals surface area contributed by atoms with Gasteiger partial charge in [-0.3, -0.25) is 0 Å². The first-order valence-electron chi connectivity index (χ1n) is 12.6. The number of aromatic nitrogens is 1. The second-order valence-corrected chi connectivity index (χ2v) is 10.2. The highest BCUT2D eigenvalue weighted by atomic mass is 19.1. The third-order valence-corrected chi connectivity index (χ3v) is 7.86. The van der Waals surface area contributed by atoms with E-state index in [0.29, 0.717) is 29.3 Å². The fourth-order valence-electron chi connectivity index (χ4n) is 5.94. The average molecular weight is 486 g/mol. The van der Waals surface area contributed by atoms with Crippen LogP contribution < -0.4 is 4.74 Å². The number of benzene rings is 3. The first-order valence-corrected chi connectivity index (χ1v) is 12.6. The summed E-state index contributed by atoms with van der Waals surface area (Å²) >= 11 is 0. The van der Waals surface area contributed by atoms with Gasteiger partial charge in [0.25, 0.3) is 0 Å². The molecule has 7 rings (SSSR count). The zero-order valence-corrected chi connectivity index (χ0v) is 20.1. The number of hydrogen-bond donors (Lipinski definition) is 1. The van der Waals surface area contributed by atoms with E-state index in [1.165, 1.54) is 12.1 Å². The zero-order chi connectivity index (χ0) is 24.6. The van der Waals surface area contributed by atoms with E-state index in [1.54, 1.807) is 12.3 Å². The number of ether oxygens (including phenoxy) is 1. The molecule has 3 aliphatic heterocycles. The normalized spacial score (nSPS) is 23.5. The molecule has 5 nitrogen and oxygen atoms in total. The predicted octanol–water partition coefficient (Wildman–Crippen LogP) is 5.29. The Kier molecular flexibility index (Phi) is 5.86. The van der Waals surface area contributed by atoms with Gasteiger partial charge in [-0.25, -0.2) is 9.37 Å². The van der Waals surface area contributed by atoms with Gasteiger partial charge in [0, 0.05) is 24.8 Å².